The fraction of sp³-hybridized carbons (Fsp3) is 0.566. The predicted molar refractivity (Wildman–Crippen MR) is 277 cm³/mol. The molecule has 0 aromatic heterocycles. The van der Waals surface area contributed by atoms with E-state index in [0.29, 0.717) is 65.9 Å². The van der Waals surface area contributed by atoms with Gasteiger partial charge in [0.2, 0.25) is 11.8 Å². The summed E-state index contributed by atoms with van der Waals surface area (Å²) in [6.45, 7) is 9.14. The minimum atomic E-state index is -0.424. The highest BCUT2D eigenvalue weighted by Crippen LogP contribution is 2.36. The zero-order valence-corrected chi connectivity index (χ0v) is 42.4. The minimum Gasteiger partial charge on any atom is -0.494 e. The van der Waals surface area contributed by atoms with Crippen LogP contribution < -0.4 is 26.4 Å². The number of nitrogens with one attached hydrogen (secondary N) is 3. The van der Waals surface area contributed by atoms with E-state index in [4.69, 9.17) is 20.2 Å². The molecular formula is C53H78N10O7. The maximum atomic E-state index is 13.1. The van der Waals surface area contributed by atoms with Crippen LogP contribution in [0.5, 0.6) is 5.75 Å². The number of aliphatic imine (C=N–C) groups is 2. The van der Waals surface area contributed by atoms with Gasteiger partial charge >= 0.3 is 0 Å². The Morgan fingerprint density at radius 3 is 2.44 bits per heavy atom. The molecule has 17 heteroatoms. The lowest BCUT2D eigenvalue weighted by atomic mass is 10.00. The number of methoxy groups -OCH3 is 1. The van der Waals surface area contributed by atoms with Gasteiger partial charge in [-0.25, -0.2) is 9.98 Å². The van der Waals surface area contributed by atoms with Crippen molar-refractivity contribution >= 4 is 48.5 Å². The smallest absolute Gasteiger partial charge is 0.249 e. The number of likely N-dealkylation sites (N-methyl/N-ethyl adjacent to an activating group) is 2. The second-order valence-electron chi connectivity index (χ2n) is 17.8. The molecule has 3 fully saturated rings. The van der Waals surface area contributed by atoms with Crippen LogP contribution in [0.4, 0.5) is 5.69 Å². The third-order valence-corrected chi connectivity index (χ3v) is 13.2. The number of hydrogen-bond donors (Lipinski definition) is 4. The first kappa shape index (κ1) is 56.8. The number of amides is 2. The molecule has 70 heavy (non-hydrogen) atoms. The summed E-state index contributed by atoms with van der Waals surface area (Å²) in [6.07, 6.45) is 16.1. The summed E-state index contributed by atoms with van der Waals surface area (Å²) in [5.74, 6) is 7.49. The minimum absolute atomic E-state index is 0.0186. The Labute approximate surface area is 416 Å². The van der Waals surface area contributed by atoms with Crippen LogP contribution in [0.3, 0.4) is 0 Å². The third-order valence-electron chi connectivity index (χ3n) is 13.2. The molecule has 2 aromatic carbocycles. The number of carbonyl (C=O) groups is 5. The summed E-state index contributed by atoms with van der Waals surface area (Å²) in [5, 5.41) is 9.36. The first-order valence-corrected chi connectivity index (χ1v) is 24.9. The summed E-state index contributed by atoms with van der Waals surface area (Å²) < 4.78 is 11.3. The Morgan fingerprint density at radius 1 is 1.03 bits per heavy atom. The quantitative estimate of drug-likeness (QED) is 0.0351. The van der Waals surface area contributed by atoms with Crippen molar-refractivity contribution in [3.63, 3.8) is 0 Å². The average molecular weight is 967 g/mol. The van der Waals surface area contributed by atoms with E-state index in [1.54, 1.807) is 56.6 Å². The van der Waals surface area contributed by atoms with E-state index in [2.05, 4.69) is 49.6 Å². The lowest BCUT2D eigenvalue weighted by molar-refractivity contribution is -0.134. The fourth-order valence-electron chi connectivity index (χ4n) is 9.06. The average Bonchev–Trinajstić information content (AvgIpc) is 3.93. The number of piperazine rings is 1. The molecule has 1 saturated carbocycles. The van der Waals surface area contributed by atoms with Gasteiger partial charge in [0.25, 0.3) is 0 Å². The molecule has 5 N–H and O–H groups in total. The van der Waals surface area contributed by atoms with E-state index in [1.165, 1.54) is 32.3 Å². The molecule has 1 aliphatic carbocycles. The highest BCUT2D eigenvalue weighted by atomic mass is 16.5. The lowest BCUT2D eigenvalue weighted by Gasteiger charge is -2.45. The monoisotopic (exact) mass is 967 g/mol. The first-order chi connectivity index (χ1) is 34.1. The van der Waals surface area contributed by atoms with E-state index in [-0.39, 0.29) is 30.3 Å². The molecule has 382 valence electrons. The van der Waals surface area contributed by atoms with Crippen LogP contribution in [0.15, 0.2) is 58.3 Å². The number of hydrogen-bond acceptors (Lipinski definition) is 13. The van der Waals surface area contributed by atoms with Crippen LogP contribution >= 0.6 is 0 Å². The summed E-state index contributed by atoms with van der Waals surface area (Å²) in [5.41, 5.74) is 9.29. The number of aldehydes is 3. The van der Waals surface area contributed by atoms with Crippen LogP contribution in [0, 0.1) is 11.8 Å². The molecule has 0 bridgehead atoms. The van der Waals surface area contributed by atoms with Crippen LogP contribution in [0.25, 0.3) is 0 Å². The summed E-state index contributed by atoms with van der Waals surface area (Å²) in [4.78, 5) is 76.4. The van der Waals surface area contributed by atoms with Gasteiger partial charge in [0.15, 0.2) is 5.84 Å². The highest BCUT2D eigenvalue weighted by molar-refractivity contribution is 6.08. The predicted octanol–water partition coefficient (Wildman–Crippen LogP) is 4.70. The zero-order chi connectivity index (χ0) is 50.7. The van der Waals surface area contributed by atoms with E-state index in [1.807, 2.05) is 31.0 Å². The molecular weight excluding hydrogens is 889 g/mol. The number of ether oxygens (including phenoxy) is 2. The van der Waals surface area contributed by atoms with Crippen molar-refractivity contribution in [1.82, 2.24) is 35.6 Å². The largest absolute Gasteiger partial charge is 0.494 e. The van der Waals surface area contributed by atoms with Crippen LogP contribution in [-0.4, -0.2) is 168 Å². The molecule has 2 saturated heterocycles. The maximum absolute atomic E-state index is 13.1. The molecule has 2 heterocycles. The molecule has 2 aromatic rings. The van der Waals surface area contributed by atoms with E-state index in [9.17, 15) is 24.0 Å². The number of rotatable bonds is 25. The highest BCUT2D eigenvalue weighted by Gasteiger charge is 2.43. The molecule has 2 atom stereocenters. The number of benzene rings is 2. The summed E-state index contributed by atoms with van der Waals surface area (Å²) >= 11 is 0. The van der Waals surface area contributed by atoms with Crippen molar-refractivity contribution in [2.75, 3.05) is 81.2 Å². The topological polar surface area (TPSA) is 204 Å². The van der Waals surface area contributed by atoms with E-state index >= 15 is 0 Å². The zero-order valence-electron chi connectivity index (χ0n) is 42.4. The summed E-state index contributed by atoms with van der Waals surface area (Å²) in [6, 6.07) is 10.8. The normalized spacial score (nSPS) is 18.4. The standard InChI is InChI=1S/C31H49N5O4.C22H29N5O3/c1-32-28-14-19-36(20-15-28)18-8-22-40-21-7-17-34-16-5-4-9-26-10-6-11-27(24-37)30(26)23-35(3)29(25-38)12-13-31(39)33-2;1-4-18-22(29)26(2)19(12-24-14-23)21(27(18)16-7-5-6-8-16)25-17-10-9-15(13-28)11-20(17)30-3/h6,10-11,24-25,28-29,32,34H,5,7-8,12-23H2,1-3H3,(H,33,39);9-14,16,18H,4-8H2,1-3H3,(H2,23,24)/b;19-12+,25-21?. The van der Waals surface area contributed by atoms with Crippen molar-refractivity contribution in [3.05, 3.63) is 70.5 Å². The van der Waals surface area contributed by atoms with Crippen LogP contribution in [0.1, 0.15) is 116 Å². The molecule has 5 rings (SSSR count). The van der Waals surface area contributed by atoms with Crippen molar-refractivity contribution in [2.45, 2.75) is 115 Å². The van der Waals surface area contributed by atoms with Gasteiger partial charge in [0, 0.05) is 88.6 Å². The van der Waals surface area contributed by atoms with Gasteiger partial charge in [-0.1, -0.05) is 43.7 Å². The van der Waals surface area contributed by atoms with Gasteiger partial charge in [-0.05, 0) is 115 Å². The van der Waals surface area contributed by atoms with Crippen LogP contribution in [-0.2, 0) is 25.7 Å². The summed E-state index contributed by atoms with van der Waals surface area (Å²) in [7, 11) is 8.73. The second kappa shape index (κ2) is 31.5. The van der Waals surface area contributed by atoms with Gasteiger partial charge in [-0.2, -0.15) is 0 Å². The molecule has 2 unspecified atom stereocenters. The molecule has 2 aliphatic heterocycles. The van der Waals surface area contributed by atoms with E-state index in [0.717, 1.165) is 101 Å². The number of nitrogens with zero attached hydrogens (tertiary/aromatic N) is 6. The number of amidine groups is 1. The van der Waals surface area contributed by atoms with Crippen LogP contribution in [0.2, 0.25) is 0 Å². The SMILES string of the molecule is CCC1C(=O)N(C)/C(=C/N=CN)C(=Nc2ccc(C=O)cc2OC)N1C1CCCC1.CNC(=O)CCC(C=O)N(C)Cc1c(C#CCCNCCCOCCCN2CCC(NC)CC2)cccc1C=O. The number of carbonyl (C=O) groups excluding carboxylic acids is 5. The molecule has 2 amide bonds. The number of piperidine rings is 1. The van der Waals surface area contributed by atoms with E-state index < -0.39 is 6.04 Å². The Kier molecular flexibility index (Phi) is 25.5. The first-order valence-electron chi connectivity index (χ1n) is 24.9. The fourth-order valence-corrected chi connectivity index (χ4v) is 9.06. The van der Waals surface area contributed by atoms with Gasteiger partial charge in [-0.3, -0.25) is 24.1 Å². The maximum Gasteiger partial charge on any atom is 0.249 e. The van der Waals surface area contributed by atoms with Gasteiger partial charge in [-0.15, -0.1) is 0 Å². The molecule has 0 spiro atoms. The third kappa shape index (κ3) is 17.3. The molecule has 17 nitrogen and oxygen atoms in total. The van der Waals surface area contributed by atoms with Gasteiger partial charge < -0.3 is 50.7 Å². The Morgan fingerprint density at radius 2 is 1.79 bits per heavy atom. The van der Waals surface area contributed by atoms with Gasteiger partial charge in [0.05, 0.1) is 25.7 Å². The van der Waals surface area contributed by atoms with Crippen molar-refractivity contribution in [1.29, 1.82) is 0 Å². The number of likely N-dealkylation sites (tertiary alicyclic amines) is 1. The van der Waals surface area contributed by atoms with Crippen molar-refractivity contribution < 1.29 is 33.4 Å². The number of nitrogens with two attached hydrogens (primary N) is 1. The van der Waals surface area contributed by atoms with Crippen molar-refractivity contribution in [3.8, 4) is 17.6 Å². The van der Waals surface area contributed by atoms with Gasteiger partial charge in [0.1, 0.15) is 42.0 Å². The Balaban J connectivity index is 0.000000316. The second-order valence-corrected chi connectivity index (χ2v) is 17.8. The Bertz CT molecular complexity index is 2140. The van der Waals surface area contributed by atoms with Crippen molar-refractivity contribution in [2.24, 2.45) is 15.7 Å². The molecule has 3 aliphatic rings. The lowest BCUT2D eigenvalue weighted by Crippen LogP contribution is -2.60. The molecule has 0 radical (unpaired) electrons. The Hall–Kier alpha value is -5.77.